The lowest BCUT2D eigenvalue weighted by Crippen LogP contribution is -2.60. The summed E-state index contributed by atoms with van der Waals surface area (Å²) in [6.07, 6.45) is 9.80. The Morgan fingerprint density at radius 2 is 1.62 bits per heavy atom. The maximum atomic E-state index is 13.3. The predicted octanol–water partition coefficient (Wildman–Crippen LogP) is 6.40. The van der Waals surface area contributed by atoms with Crippen molar-refractivity contribution >= 4 is 11.8 Å². The number of hydrogen-bond donors (Lipinski definition) is 1. The van der Waals surface area contributed by atoms with Crippen LogP contribution in [0.25, 0.3) is 11.1 Å². The van der Waals surface area contributed by atoms with Crippen LogP contribution in [0.1, 0.15) is 81.1 Å². The molecule has 2 amide bonds. The molecule has 8 nitrogen and oxygen atoms in total. The largest absolute Gasteiger partial charge is 0.387 e. The summed E-state index contributed by atoms with van der Waals surface area (Å²) in [5.41, 5.74) is 0.904. The standard InChI is InChI=1S/C31H43N3O4.C8H10O/c1-30(2)21-33(27(35)16-15-23-11-7-5-8-12-23)18-17-31(30,38)22-34-20-26(29(37)32(3)4)25(19-28(34)36)24-13-9-6-10-14-24;1-9-7-8-5-3-2-4-6-8/h6,9-10,13-14,19-20,23,38H,5,7-8,11-12,15-18,21-22H2,1-4H3;2-6H,7H2,1H3. The highest BCUT2D eigenvalue weighted by molar-refractivity contribution is 6.00. The molecule has 5 rings (SSSR count). The van der Waals surface area contributed by atoms with Crippen LogP contribution in [0.4, 0.5) is 0 Å². The molecule has 8 heteroatoms. The van der Waals surface area contributed by atoms with Crippen LogP contribution < -0.4 is 5.56 Å². The number of amides is 2. The number of benzene rings is 2. The fourth-order valence-electron chi connectivity index (χ4n) is 6.82. The number of pyridine rings is 1. The minimum absolute atomic E-state index is 0.0612. The minimum Gasteiger partial charge on any atom is -0.387 e. The van der Waals surface area contributed by atoms with Crippen molar-refractivity contribution in [3.8, 4) is 11.1 Å². The lowest BCUT2D eigenvalue weighted by Gasteiger charge is -2.50. The van der Waals surface area contributed by atoms with Crippen LogP contribution in [0.2, 0.25) is 0 Å². The Labute approximate surface area is 280 Å². The van der Waals surface area contributed by atoms with Gasteiger partial charge >= 0.3 is 0 Å². The van der Waals surface area contributed by atoms with Gasteiger partial charge in [0.05, 0.1) is 24.3 Å². The molecule has 0 spiro atoms. The van der Waals surface area contributed by atoms with E-state index in [1.807, 2.05) is 79.4 Å². The molecule has 1 saturated heterocycles. The Hall–Kier alpha value is -3.75. The van der Waals surface area contributed by atoms with E-state index >= 15 is 0 Å². The summed E-state index contributed by atoms with van der Waals surface area (Å²) < 4.78 is 6.39. The second-order valence-electron chi connectivity index (χ2n) is 14.1. The van der Waals surface area contributed by atoms with Crippen LogP contribution in [0, 0.1) is 11.3 Å². The smallest absolute Gasteiger partial charge is 0.255 e. The molecule has 0 bridgehead atoms. The third-order valence-corrected chi connectivity index (χ3v) is 9.92. The summed E-state index contributed by atoms with van der Waals surface area (Å²) in [6, 6.07) is 21.0. The highest BCUT2D eigenvalue weighted by Crippen LogP contribution is 2.40. The van der Waals surface area contributed by atoms with Crippen LogP contribution in [0.5, 0.6) is 0 Å². The molecule has 2 aromatic carbocycles. The Bertz CT molecular complexity index is 1510. The molecule has 1 atom stereocenters. The van der Waals surface area contributed by atoms with E-state index in [4.69, 9.17) is 4.74 Å². The number of hydrogen-bond acceptors (Lipinski definition) is 5. The maximum Gasteiger partial charge on any atom is 0.255 e. The first-order valence-electron chi connectivity index (χ1n) is 17.0. The molecule has 0 radical (unpaired) electrons. The van der Waals surface area contributed by atoms with Gasteiger partial charge in [0.25, 0.3) is 11.5 Å². The van der Waals surface area contributed by atoms with Gasteiger partial charge in [-0.2, -0.15) is 0 Å². The van der Waals surface area contributed by atoms with Crippen molar-refractivity contribution in [2.75, 3.05) is 34.3 Å². The van der Waals surface area contributed by atoms with Crippen molar-refractivity contribution in [2.24, 2.45) is 11.3 Å². The third-order valence-electron chi connectivity index (χ3n) is 9.92. The van der Waals surface area contributed by atoms with E-state index in [-0.39, 0.29) is 23.9 Å². The number of rotatable bonds is 9. The quantitative estimate of drug-likeness (QED) is 0.291. The SMILES string of the molecule is CN(C)C(=O)c1cn(CC2(O)CCN(C(=O)CCC3CCCCC3)CC2(C)C)c(=O)cc1-c1ccccc1.COCc1ccccc1. The predicted molar refractivity (Wildman–Crippen MR) is 187 cm³/mol. The first kappa shape index (κ1) is 36.1. The zero-order valence-corrected chi connectivity index (χ0v) is 28.9. The summed E-state index contributed by atoms with van der Waals surface area (Å²) in [5.74, 6) is 0.614. The topological polar surface area (TPSA) is 92.1 Å². The van der Waals surface area contributed by atoms with Gasteiger partial charge in [0.1, 0.15) is 0 Å². The van der Waals surface area contributed by atoms with Crippen LogP contribution in [-0.4, -0.2) is 71.2 Å². The van der Waals surface area contributed by atoms with E-state index in [0.717, 1.165) is 12.0 Å². The number of ether oxygens (including phenoxy) is 1. The van der Waals surface area contributed by atoms with Gasteiger partial charge in [-0.25, -0.2) is 0 Å². The Balaban J connectivity index is 0.000000479. The van der Waals surface area contributed by atoms with E-state index in [0.29, 0.717) is 49.6 Å². The Morgan fingerprint density at radius 3 is 2.21 bits per heavy atom. The number of piperidine rings is 1. The first-order valence-corrected chi connectivity index (χ1v) is 17.0. The van der Waals surface area contributed by atoms with Crippen molar-refractivity contribution in [1.29, 1.82) is 0 Å². The molecule has 254 valence electrons. The summed E-state index contributed by atoms with van der Waals surface area (Å²) in [6.45, 7) is 5.59. The first-order chi connectivity index (χ1) is 22.4. The molecule has 2 aliphatic rings. The van der Waals surface area contributed by atoms with E-state index in [1.165, 1.54) is 53.2 Å². The fraction of sp³-hybridized carbons (Fsp3) is 0.513. The molecule has 1 aliphatic carbocycles. The molecule has 1 aromatic heterocycles. The van der Waals surface area contributed by atoms with E-state index in [9.17, 15) is 19.5 Å². The number of aromatic nitrogens is 1. The summed E-state index contributed by atoms with van der Waals surface area (Å²) in [4.78, 5) is 42.8. The van der Waals surface area contributed by atoms with Crippen LogP contribution in [0.3, 0.4) is 0 Å². The zero-order chi connectivity index (χ0) is 34.0. The summed E-state index contributed by atoms with van der Waals surface area (Å²) in [5, 5.41) is 11.8. The van der Waals surface area contributed by atoms with Gasteiger partial charge < -0.3 is 24.2 Å². The van der Waals surface area contributed by atoms with Gasteiger partial charge in [-0.15, -0.1) is 0 Å². The number of carbonyl (C=O) groups is 2. The normalized spacial score (nSPS) is 19.4. The maximum absolute atomic E-state index is 13.3. The van der Waals surface area contributed by atoms with Gasteiger partial charge in [-0.3, -0.25) is 14.4 Å². The summed E-state index contributed by atoms with van der Waals surface area (Å²) >= 11 is 0. The number of aliphatic hydroxyl groups is 1. The molecule has 2 fully saturated rings. The zero-order valence-electron chi connectivity index (χ0n) is 28.9. The van der Waals surface area contributed by atoms with E-state index in [1.54, 1.807) is 27.4 Å². The van der Waals surface area contributed by atoms with Crippen LogP contribution >= 0.6 is 0 Å². The lowest BCUT2D eigenvalue weighted by molar-refractivity contribution is -0.154. The van der Waals surface area contributed by atoms with Crippen molar-refractivity contribution in [3.63, 3.8) is 0 Å². The van der Waals surface area contributed by atoms with Crippen molar-refractivity contribution in [2.45, 2.75) is 84.0 Å². The molecule has 3 aromatic rings. The second kappa shape index (κ2) is 16.4. The van der Waals surface area contributed by atoms with Gasteiger partial charge in [-0.1, -0.05) is 107 Å². The van der Waals surface area contributed by atoms with Crippen molar-refractivity contribution in [1.82, 2.24) is 14.4 Å². The molecule has 1 N–H and O–H groups in total. The Kier molecular flexibility index (Phi) is 12.6. The highest BCUT2D eigenvalue weighted by Gasteiger charge is 2.49. The Morgan fingerprint density at radius 1 is 0.979 bits per heavy atom. The van der Waals surface area contributed by atoms with Crippen LogP contribution in [0.15, 0.2) is 77.7 Å². The lowest BCUT2D eigenvalue weighted by atomic mass is 9.69. The molecule has 47 heavy (non-hydrogen) atoms. The van der Waals surface area contributed by atoms with Crippen LogP contribution in [-0.2, 0) is 22.7 Å². The summed E-state index contributed by atoms with van der Waals surface area (Å²) in [7, 11) is 5.07. The third kappa shape index (κ3) is 9.42. The van der Waals surface area contributed by atoms with Gasteiger partial charge in [0, 0.05) is 64.0 Å². The fourth-order valence-corrected chi connectivity index (χ4v) is 6.82. The molecular formula is C39H53N3O5. The average Bonchev–Trinajstić information content (AvgIpc) is 3.07. The van der Waals surface area contributed by atoms with Crippen molar-refractivity contribution in [3.05, 3.63) is 94.4 Å². The van der Waals surface area contributed by atoms with E-state index in [2.05, 4.69) is 0 Å². The molecular weight excluding hydrogens is 590 g/mol. The van der Waals surface area contributed by atoms with E-state index < -0.39 is 11.0 Å². The van der Waals surface area contributed by atoms with Crippen molar-refractivity contribution < 1.29 is 19.4 Å². The van der Waals surface area contributed by atoms with Gasteiger partial charge in [-0.05, 0) is 29.9 Å². The second-order valence-corrected chi connectivity index (χ2v) is 14.1. The number of carbonyl (C=O) groups excluding carboxylic acids is 2. The number of nitrogens with zero attached hydrogens (tertiary/aromatic N) is 3. The minimum atomic E-state index is -1.20. The monoisotopic (exact) mass is 643 g/mol. The number of methoxy groups -OCH3 is 1. The van der Waals surface area contributed by atoms with Gasteiger partial charge in [0.2, 0.25) is 5.91 Å². The molecule has 1 unspecified atom stereocenters. The number of likely N-dealkylation sites (tertiary alicyclic amines) is 1. The molecule has 1 aliphatic heterocycles. The molecule has 1 saturated carbocycles. The van der Waals surface area contributed by atoms with Gasteiger partial charge in [0.15, 0.2) is 0 Å². The highest BCUT2D eigenvalue weighted by atomic mass is 16.5. The average molecular weight is 644 g/mol. The molecule has 2 heterocycles.